The lowest BCUT2D eigenvalue weighted by Crippen LogP contribution is -2.44. The lowest BCUT2D eigenvalue weighted by atomic mass is 9.95. The van der Waals surface area contributed by atoms with Crippen molar-refractivity contribution in [1.82, 2.24) is 5.32 Å². The van der Waals surface area contributed by atoms with Crippen molar-refractivity contribution >= 4 is 0 Å². The maximum atomic E-state index is 6.05. The highest BCUT2D eigenvalue weighted by molar-refractivity contribution is 5.25. The topological polar surface area (TPSA) is 21.3 Å². The highest BCUT2D eigenvalue weighted by Gasteiger charge is 2.36. The number of rotatable bonds is 9. The fraction of sp³-hybridized carbons (Fsp3) is 0.684. The second-order valence-electron chi connectivity index (χ2n) is 6.52. The van der Waals surface area contributed by atoms with E-state index < -0.39 is 0 Å². The molecule has 2 nitrogen and oxygen atoms in total. The van der Waals surface area contributed by atoms with Gasteiger partial charge in [0.2, 0.25) is 0 Å². The van der Waals surface area contributed by atoms with E-state index in [1.54, 1.807) is 0 Å². The maximum absolute atomic E-state index is 6.05. The Morgan fingerprint density at radius 2 is 1.81 bits per heavy atom. The molecule has 2 rings (SSSR count). The van der Waals surface area contributed by atoms with Crippen molar-refractivity contribution in [3.8, 4) is 0 Å². The molecule has 1 saturated carbocycles. The first-order valence-corrected chi connectivity index (χ1v) is 8.59. The summed E-state index contributed by atoms with van der Waals surface area (Å²) in [5.74, 6) is 1.37. The molecule has 0 aliphatic heterocycles. The summed E-state index contributed by atoms with van der Waals surface area (Å²) in [5.41, 5.74) is 2.83. The van der Waals surface area contributed by atoms with Gasteiger partial charge in [0.15, 0.2) is 0 Å². The summed E-state index contributed by atoms with van der Waals surface area (Å²) in [6.45, 7) is 10.6. The Bertz CT molecular complexity index is 408. The third kappa shape index (κ3) is 4.82. The molecule has 1 fully saturated rings. The van der Waals surface area contributed by atoms with Gasteiger partial charge in [-0.1, -0.05) is 45.0 Å². The molecule has 0 saturated heterocycles. The van der Waals surface area contributed by atoms with Gasteiger partial charge >= 0.3 is 0 Å². The number of nitrogens with one attached hydrogen (secondary N) is 1. The fourth-order valence-electron chi connectivity index (χ4n) is 3.06. The minimum absolute atomic E-state index is 0.375. The highest BCUT2D eigenvalue weighted by atomic mass is 16.5. The molecule has 2 atom stereocenters. The van der Waals surface area contributed by atoms with Gasteiger partial charge in [-0.05, 0) is 55.7 Å². The first-order valence-electron chi connectivity index (χ1n) is 8.59. The molecule has 2 heteroatoms. The van der Waals surface area contributed by atoms with Crippen LogP contribution >= 0.6 is 0 Å². The smallest absolute Gasteiger partial charge is 0.0759 e. The second-order valence-corrected chi connectivity index (χ2v) is 6.52. The molecule has 0 aromatic heterocycles. The normalized spacial score (nSPS) is 18.0. The summed E-state index contributed by atoms with van der Waals surface area (Å²) in [6, 6.07) is 9.56. The van der Waals surface area contributed by atoms with E-state index in [9.17, 15) is 0 Å². The quantitative estimate of drug-likeness (QED) is 0.737. The summed E-state index contributed by atoms with van der Waals surface area (Å²) in [5, 5.41) is 3.65. The molecular formula is C19H31NO. The number of hydrogen-bond donors (Lipinski definition) is 1. The van der Waals surface area contributed by atoms with Crippen molar-refractivity contribution in [3.63, 3.8) is 0 Å². The Labute approximate surface area is 130 Å². The molecule has 0 spiro atoms. The lowest BCUT2D eigenvalue weighted by Gasteiger charge is -2.28. The van der Waals surface area contributed by atoms with Crippen molar-refractivity contribution in [3.05, 3.63) is 35.4 Å². The predicted octanol–water partition coefficient (Wildman–Crippen LogP) is 4.15. The van der Waals surface area contributed by atoms with Gasteiger partial charge in [-0.15, -0.1) is 0 Å². The third-order valence-corrected chi connectivity index (χ3v) is 4.41. The van der Waals surface area contributed by atoms with Crippen molar-refractivity contribution in [2.75, 3.05) is 13.2 Å². The van der Waals surface area contributed by atoms with Crippen LogP contribution in [0.4, 0.5) is 0 Å². The lowest BCUT2D eigenvalue weighted by molar-refractivity contribution is 0.0196. The maximum Gasteiger partial charge on any atom is 0.0759 e. The van der Waals surface area contributed by atoms with Gasteiger partial charge in [-0.3, -0.25) is 0 Å². The Morgan fingerprint density at radius 1 is 1.14 bits per heavy atom. The van der Waals surface area contributed by atoms with Crippen LogP contribution in [0.5, 0.6) is 0 Å². The highest BCUT2D eigenvalue weighted by Crippen LogP contribution is 2.36. The van der Waals surface area contributed by atoms with E-state index in [1.807, 2.05) is 0 Å². The van der Waals surface area contributed by atoms with E-state index in [0.29, 0.717) is 18.1 Å². The van der Waals surface area contributed by atoms with Crippen LogP contribution in [0.3, 0.4) is 0 Å². The summed E-state index contributed by atoms with van der Waals surface area (Å²) < 4.78 is 6.05. The number of benzene rings is 1. The van der Waals surface area contributed by atoms with Crippen LogP contribution < -0.4 is 5.32 Å². The van der Waals surface area contributed by atoms with Gasteiger partial charge in [-0.2, -0.15) is 0 Å². The van der Waals surface area contributed by atoms with Gasteiger partial charge < -0.3 is 10.1 Å². The molecule has 1 aliphatic rings. The zero-order valence-electron chi connectivity index (χ0n) is 14.1. The average molecular weight is 289 g/mol. The third-order valence-electron chi connectivity index (χ3n) is 4.41. The summed E-state index contributed by atoms with van der Waals surface area (Å²) >= 11 is 0. The Balaban J connectivity index is 2.03. The molecule has 0 amide bonds. The van der Waals surface area contributed by atoms with Gasteiger partial charge in [0.05, 0.1) is 6.10 Å². The zero-order valence-corrected chi connectivity index (χ0v) is 14.1. The summed E-state index contributed by atoms with van der Waals surface area (Å²) in [4.78, 5) is 0. The first-order chi connectivity index (χ1) is 10.2. The van der Waals surface area contributed by atoms with E-state index in [-0.39, 0.29) is 0 Å². The van der Waals surface area contributed by atoms with Gasteiger partial charge in [-0.25, -0.2) is 0 Å². The zero-order chi connectivity index (χ0) is 15.2. The van der Waals surface area contributed by atoms with E-state index in [0.717, 1.165) is 25.5 Å². The van der Waals surface area contributed by atoms with E-state index in [4.69, 9.17) is 4.74 Å². The monoisotopic (exact) mass is 289 g/mol. The van der Waals surface area contributed by atoms with Crippen LogP contribution in [0.25, 0.3) is 0 Å². The van der Waals surface area contributed by atoms with Gasteiger partial charge in [0.1, 0.15) is 0 Å². The summed E-state index contributed by atoms with van der Waals surface area (Å²) in [6.07, 6.45) is 4.10. The molecule has 2 unspecified atom stereocenters. The largest absolute Gasteiger partial charge is 0.377 e. The van der Waals surface area contributed by atoms with Crippen molar-refractivity contribution < 1.29 is 4.74 Å². The van der Waals surface area contributed by atoms with Crippen molar-refractivity contribution in [2.24, 2.45) is 5.92 Å². The molecule has 21 heavy (non-hydrogen) atoms. The molecule has 118 valence electrons. The fourth-order valence-corrected chi connectivity index (χ4v) is 3.06. The molecule has 0 radical (unpaired) electrons. The van der Waals surface area contributed by atoms with Crippen LogP contribution in [0, 0.1) is 5.92 Å². The second kappa shape index (κ2) is 7.95. The molecule has 0 bridgehead atoms. The SMILES string of the molecule is CCNC(Cc1ccc(C(C)C)cc1)C(OCC)C1CC1. The molecular weight excluding hydrogens is 258 g/mol. The molecule has 0 heterocycles. The minimum atomic E-state index is 0.375. The molecule has 1 N–H and O–H groups in total. The van der Waals surface area contributed by atoms with Crippen LogP contribution in [-0.4, -0.2) is 25.3 Å². The molecule has 1 aliphatic carbocycles. The van der Waals surface area contributed by atoms with Crippen LogP contribution in [-0.2, 0) is 11.2 Å². The number of ether oxygens (including phenoxy) is 1. The molecule has 1 aromatic rings. The van der Waals surface area contributed by atoms with Crippen LogP contribution in [0.1, 0.15) is 57.6 Å². The van der Waals surface area contributed by atoms with Crippen molar-refractivity contribution in [1.29, 1.82) is 0 Å². The molecule has 1 aromatic carbocycles. The number of hydrogen-bond acceptors (Lipinski definition) is 2. The van der Waals surface area contributed by atoms with E-state index in [2.05, 4.69) is 57.3 Å². The van der Waals surface area contributed by atoms with Crippen molar-refractivity contribution in [2.45, 2.75) is 65.0 Å². The Kier molecular flexibility index (Phi) is 6.25. The predicted molar refractivity (Wildman–Crippen MR) is 89.8 cm³/mol. The minimum Gasteiger partial charge on any atom is -0.377 e. The first kappa shape index (κ1) is 16.5. The summed E-state index contributed by atoms with van der Waals surface area (Å²) in [7, 11) is 0. The number of likely N-dealkylation sites (N-methyl/N-ethyl adjacent to an activating group) is 1. The van der Waals surface area contributed by atoms with Gasteiger partial charge in [0.25, 0.3) is 0 Å². The van der Waals surface area contributed by atoms with Crippen LogP contribution in [0.15, 0.2) is 24.3 Å². The van der Waals surface area contributed by atoms with E-state index >= 15 is 0 Å². The standard InChI is InChI=1S/C19H31NO/c1-5-20-18(19(21-6-2)17-11-12-17)13-15-7-9-16(10-8-15)14(3)4/h7-10,14,17-20H,5-6,11-13H2,1-4H3. The Hall–Kier alpha value is -0.860. The van der Waals surface area contributed by atoms with Gasteiger partial charge in [0, 0.05) is 12.6 Å². The Morgan fingerprint density at radius 3 is 2.29 bits per heavy atom. The van der Waals surface area contributed by atoms with E-state index in [1.165, 1.54) is 24.0 Å². The average Bonchev–Trinajstić information content (AvgIpc) is 3.29. The van der Waals surface area contributed by atoms with Crippen LogP contribution in [0.2, 0.25) is 0 Å².